The lowest BCUT2D eigenvalue weighted by Crippen LogP contribution is -2.49. The van der Waals surface area contributed by atoms with Crippen molar-refractivity contribution in [2.45, 2.75) is 18.2 Å². The molecule has 1 aliphatic rings. The Morgan fingerprint density at radius 1 is 0.882 bits per heavy atom. The largest absolute Gasteiger partial charge is 0.497 e. The lowest BCUT2D eigenvalue weighted by molar-refractivity contribution is -0.130. The van der Waals surface area contributed by atoms with Gasteiger partial charge in [-0.2, -0.15) is 0 Å². The normalized spacial score (nSPS) is 14.1. The monoisotopic (exact) mass is 479 g/mol. The Morgan fingerprint density at radius 2 is 1.50 bits per heavy atom. The second-order valence-electron chi connectivity index (χ2n) is 8.36. The number of anilines is 2. The van der Waals surface area contributed by atoms with Crippen LogP contribution in [0.4, 0.5) is 11.4 Å². The topological polar surface area (TPSA) is 79.0 Å². The minimum atomic E-state index is -3.63. The Kier molecular flexibility index (Phi) is 7.07. The summed E-state index contributed by atoms with van der Waals surface area (Å²) in [4.78, 5) is 17.0. The molecule has 4 rings (SSSR count). The minimum absolute atomic E-state index is 0.116. The van der Waals surface area contributed by atoms with Crippen LogP contribution in [0.5, 0.6) is 5.75 Å². The van der Waals surface area contributed by atoms with Crippen molar-refractivity contribution in [3.05, 3.63) is 83.9 Å². The fourth-order valence-electron chi connectivity index (χ4n) is 3.92. The summed E-state index contributed by atoms with van der Waals surface area (Å²) in [6.07, 6.45) is 0.375. The first kappa shape index (κ1) is 23.6. The number of aryl methyl sites for hydroxylation is 1. The zero-order chi connectivity index (χ0) is 24.1. The van der Waals surface area contributed by atoms with Crippen LogP contribution in [0.25, 0.3) is 0 Å². The fraction of sp³-hybridized carbons (Fsp3) is 0.269. The van der Waals surface area contributed by atoms with Crippen LogP contribution in [-0.2, 0) is 21.2 Å². The van der Waals surface area contributed by atoms with Crippen molar-refractivity contribution in [1.82, 2.24) is 4.90 Å². The summed E-state index contributed by atoms with van der Waals surface area (Å²) in [7, 11) is -2.01. The minimum Gasteiger partial charge on any atom is -0.497 e. The first-order valence-corrected chi connectivity index (χ1v) is 12.7. The summed E-state index contributed by atoms with van der Waals surface area (Å²) in [6, 6.07) is 21.7. The van der Waals surface area contributed by atoms with E-state index >= 15 is 0 Å². The molecule has 1 saturated heterocycles. The predicted octanol–water partition coefficient (Wildman–Crippen LogP) is 3.70. The van der Waals surface area contributed by atoms with E-state index in [1.807, 2.05) is 48.2 Å². The number of nitrogens with zero attached hydrogens (tertiary/aromatic N) is 2. The molecule has 0 spiro atoms. The third kappa shape index (κ3) is 5.69. The Morgan fingerprint density at radius 3 is 2.09 bits per heavy atom. The van der Waals surface area contributed by atoms with Gasteiger partial charge in [0.05, 0.1) is 18.4 Å². The average molecular weight is 480 g/mol. The van der Waals surface area contributed by atoms with E-state index < -0.39 is 10.0 Å². The third-order valence-corrected chi connectivity index (χ3v) is 7.36. The molecule has 0 radical (unpaired) electrons. The molecule has 0 saturated carbocycles. The first-order chi connectivity index (χ1) is 16.3. The molecule has 1 heterocycles. The molecule has 1 fully saturated rings. The molecule has 0 atom stereocenters. The molecule has 8 heteroatoms. The van der Waals surface area contributed by atoms with Gasteiger partial charge in [0.15, 0.2) is 0 Å². The maximum atomic E-state index is 12.7. The number of benzene rings is 3. The first-order valence-electron chi connectivity index (χ1n) is 11.2. The highest BCUT2D eigenvalue weighted by molar-refractivity contribution is 7.92. The number of piperazine rings is 1. The Bertz CT molecular complexity index is 1220. The van der Waals surface area contributed by atoms with Gasteiger partial charge in [-0.1, -0.05) is 29.8 Å². The van der Waals surface area contributed by atoms with Crippen LogP contribution >= 0.6 is 0 Å². The van der Waals surface area contributed by atoms with Crippen molar-refractivity contribution in [1.29, 1.82) is 0 Å². The van der Waals surface area contributed by atoms with Crippen molar-refractivity contribution in [3.63, 3.8) is 0 Å². The Hall–Kier alpha value is -3.52. The number of hydrogen-bond acceptors (Lipinski definition) is 5. The number of amides is 1. The van der Waals surface area contributed by atoms with E-state index in [4.69, 9.17) is 4.74 Å². The summed E-state index contributed by atoms with van der Waals surface area (Å²) in [6.45, 7) is 4.67. The van der Waals surface area contributed by atoms with Gasteiger partial charge in [0, 0.05) is 37.6 Å². The van der Waals surface area contributed by atoms with Crippen molar-refractivity contribution in [2.24, 2.45) is 0 Å². The molecule has 0 unspecified atom stereocenters. The molecule has 178 valence electrons. The van der Waals surface area contributed by atoms with E-state index in [1.165, 1.54) is 0 Å². The maximum Gasteiger partial charge on any atom is 0.261 e. The van der Waals surface area contributed by atoms with Gasteiger partial charge in [0.2, 0.25) is 5.91 Å². The number of carbonyl (C=O) groups is 1. The Labute approximate surface area is 201 Å². The Balaban J connectivity index is 1.31. The average Bonchev–Trinajstić information content (AvgIpc) is 2.85. The van der Waals surface area contributed by atoms with Crippen LogP contribution in [0, 0.1) is 6.92 Å². The van der Waals surface area contributed by atoms with Crippen molar-refractivity contribution >= 4 is 27.3 Å². The van der Waals surface area contributed by atoms with Gasteiger partial charge in [0.1, 0.15) is 5.75 Å². The van der Waals surface area contributed by atoms with E-state index in [9.17, 15) is 13.2 Å². The van der Waals surface area contributed by atoms with Crippen molar-refractivity contribution in [3.8, 4) is 5.75 Å². The summed E-state index contributed by atoms with van der Waals surface area (Å²) >= 11 is 0. The van der Waals surface area contributed by atoms with Gasteiger partial charge in [-0.05, 0) is 61.0 Å². The zero-order valence-electron chi connectivity index (χ0n) is 19.4. The van der Waals surface area contributed by atoms with E-state index in [0.717, 1.165) is 35.7 Å². The highest BCUT2D eigenvalue weighted by atomic mass is 32.2. The van der Waals surface area contributed by atoms with Crippen LogP contribution in [0.3, 0.4) is 0 Å². The molecule has 1 aliphatic heterocycles. The SMILES string of the molecule is COc1ccc(CC(=O)N2CCN(c3ccc(NS(=O)(=O)c4ccc(C)cc4)cc3)CC2)cc1. The summed E-state index contributed by atoms with van der Waals surface area (Å²) < 4.78 is 33.0. The lowest BCUT2D eigenvalue weighted by Gasteiger charge is -2.36. The molecule has 0 aliphatic carbocycles. The zero-order valence-corrected chi connectivity index (χ0v) is 20.2. The van der Waals surface area contributed by atoms with Crippen LogP contribution in [-0.4, -0.2) is 52.5 Å². The third-order valence-electron chi connectivity index (χ3n) is 5.96. The molecule has 1 N–H and O–H groups in total. The molecule has 3 aromatic carbocycles. The second-order valence-corrected chi connectivity index (χ2v) is 10.0. The molecule has 3 aromatic rings. The molecule has 7 nitrogen and oxygen atoms in total. The molecule has 34 heavy (non-hydrogen) atoms. The quantitative estimate of drug-likeness (QED) is 0.559. The number of methoxy groups -OCH3 is 1. The van der Waals surface area contributed by atoms with Gasteiger partial charge < -0.3 is 14.5 Å². The maximum absolute atomic E-state index is 12.7. The van der Waals surface area contributed by atoms with Gasteiger partial charge in [0.25, 0.3) is 10.0 Å². The van der Waals surface area contributed by atoms with Crippen molar-refractivity contribution < 1.29 is 17.9 Å². The van der Waals surface area contributed by atoms with Crippen LogP contribution in [0.2, 0.25) is 0 Å². The molecule has 0 bridgehead atoms. The number of carbonyl (C=O) groups excluding carboxylic acids is 1. The van der Waals surface area contributed by atoms with Gasteiger partial charge >= 0.3 is 0 Å². The van der Waals surface area contributed by atoms with E-state index in [2.05, 4.69) is 9.62 Å². The highest BCUT2D eigenvalue weighted by Crippen LogP contribution is 2.22. The van der Waals surface area contributed by atoms with Crippen molar-refractivity contribution in [2.75, 3.05) is 42.9 Å². The van der Waals surface area contributed by atoms with Gasteiger partial charge in [-0.25, -0.2) is 8.42 Å². The highest BCUT2D eigenvalue weighted by Gasteiger charge is 2.22. The second kappa shape index (κ2) is 10.2. The van der Waals surface area contributed by atoms with E-state index in [-0.39, 0.29) is 10.8 Å². The predicted molar refractivity (Wildman–Crippen MR) is 134 cm³/mol. The van der Waals surface area contributed by atoms with Crippen LogP contribution in [0.1, 0.15) is 11.1 Å². The van der Waals surface area contributed by atoms with Crippen LogP contribution in [0.15, 0.2) is 77.7 Å². The number of hydrogen-bond donors (Lipinski definition) is 1. The van der Waals surface area contributed by atoms with Gasteiger partial charge in [-0.15, -0.1) is 0 Å². The standard InChI is InChI=1S/C26H29N3O4S/c1-20-3-13-25(14-4-20)34(31,32)27-22-7-9-23(10-8-22)28-15-17-29(18-16-28)26(30)19-21-5-11-24(33-2)12-6-21/h3-14,27H,15-19H2,1-2H3. The molecule has 1 amide bonds. The van der Waals surface area contributed by atoms with Crippen LogP contribution < -0.4 is 14.4 Å². The number of sulfonamides is 1. The fourth-order valence-corrected chi connectivity index (χ4v) is 4.97. The molecule has 0 aromatic heterocycles. The number of nitrogens with one attached hydrogen (secondary N) is 1. The van der Waals surface area contributed by atoms with Gasteiger partial charge in [-0.3, -0.25) is 9.52 Å². The number of rotatable bonds is 7. The molecular formula is C26H29N3O4S. The number of ether oxygens (including phenoxy) is 1. The summed E-state index contributed by atoms with van der Waals surface area (Å²) in [5.74, 6) is 0.893. The lowest BCUT2D eigenvalue weighted by atomic mass is 10.1. The van der Waals surface area contributed by atoms with E-state index in [0.29, 0.717) is 25.2 Å². The molecular weight excluding hydrogens is 450 g/mol. The smallest absolute Gasteiger partial charge is 0.261 e. The van der Waals surface area contributed by atoms with E-state index in [1.54, 1.807) is 43.5 Å². The summed E-state index contributed by atoms with van der Waals surface area (Å²) in [5, 5.41) is 0. The summed E-state index contributed by atoms with van der Waals surface area (Å²) in [5.41, 5.74) is 3.49.